The summed E-state index contributed by atoms with van der Waals surface area (Å²) in [6.45, 7) is 1.23. The van der Waals surface area contributed by atoms with E-state index < -0.39 is 4.92 Å². The number of carbonyl (C=O) groups excluding carboxylic acids is 1. The average molecular weight is 335 g/mol. The molecule has 1 aliphatic heterocycles. The normalized spacial score (nSPS) is 18.0. The van der Waals surface area contributed by atoms with Crippen molar-refractivity contribution >= 4 is 23.2 Å². The first-order chi connectivity index (χ1) is 11.1. The van der Waals surface area contributed by atoms with Crippen LogP contribution in [0.4, 0.5) is 5.69 Å². The van der Waals surface area contributed by atoms with E-state index in [2.05, 4.69) is 10.2 Å². The average Bonchev–Trinajstić information content (AvgIpc) is 3.08. The van der Waals surface area contributed by atoms with Gasteiger partial charge in [0.05, 0.1) is 15.5 Å². The maximum Gasteiger partial charge on any atom is 0.270 e. The third-order valence-electron chi connectivity index (χ3n) is 4.06. The molecular weight excluding hydrogens is 320 g/mol. The van der Waals surface area contributed by atoms with E-state index in [9.17, 15) is 14.9 Å². The van der Waals surface area contributed by atoms with Crippen LogP contribution in [0.3, 0.4) is 0 Å². The lowest BCUT2D eigenvalue weighted by atomic mass is 9.94. The number of aromatic nitrogens is 2. The van der Waals surface area contributed by atoms with E-state index >= 15 is 0 Å². The Hall–Kier alpha value is -2.41. The Morgan fingerprint density at radius 2 is 2.26 bits per heavy atom. The van der Waals surface area contributed by atoms with Crippen molar-refractivity contribution in [3.05, 3.63) is 56.9 Å². The van der Waals surface area contributed by atoms with Crippen molar-refractivity contribution in [3.63, 3.8) is 0 Å². The van der Waals surface area contributed by atoms with Gasteiger partial charge in [-0.2, -0.15) is 5.10 Å². The van der Waals surface area contributed by atoms with Gasteiger partial charge in [-0.1, -0.05) is 11.6 Å². The van der Waals surface area contributed by atoms with Gasteiger partial charge in [0, 0.05) is 43.0 Å². The molecule has 2 aromatic rings. The Kier molecular flexibility index (Phi) is 4.29. The molecule has 8 heteroatoms. The van der Waals surface area contributed by atoms with Crippen LogP contribution in [0.15, 0.2) is 30.5 Å². The van der Waals surface area contributed by atoms with Crippen molar-refractivity contribution in [2.24, 2.45) is 0 Å². The van der Waals surface area contributed by atoms with Crippen LogP contribution >= 0.6 is 11.6 Å². The molecule has 2 heterocycles. The number of rotatable bonds is 3. The Bertz CT molecular complexity index is 732. The molecule has 0 saturated carbocycles. The lowest BCUT2D eigenvalue weighted by molar-refractivity contribution is -0.384. The molecular formula is C15H15ClN4O3. The van der Waals surface area contributed by atoms with E-state index in [1.54, 1.807) is 11.1 Å². The van der Waals surface area contributed by atoms with E-state index in [1.165, 1.54) is 18.2 Å². The fourth-order valence-corrected chi connectivity index (χ4v) is 3.13. The lowest BCUT2D eigenvalue weighted by Crippen LogP contribution is -2.39. The van der Waals surface area contributed by atoms with E-state index in [0.717, 1.165) is 18.5 Å². The van der Waals surface area contributed by atoms with Crippen molar-refractivity contribution in [1.29, 1.82) is 0 Å². The Labute approximate surface area is 137 Å². The van der Waals surface area contributed by atoms with Gasteiger partial charge < -0.3 is 4.90 Å². The highest BCUT2D eigenvalue weighted by Crippen LogP contribution is 2.29. The van der Waals surface area contributed by atoms with Crippen LogP contribution < -0.4 is 0 Å². The van der Waals surface area contributed by atoms with Gasteiger partial charge in [0.1, 0.15) is 0 Å². The molecule has 7 nitrogen and oxygen atoms in total. The number of piperidine rings is 1. The lowest BCUT2D eigenvalue weighted by Gasteiger charge is -2.32. The number of nitro groups is 1. The zero-order valence-corrected chi connectivity index (χ0v) is 13.0. The second-order valence-electron chi connectivity index (χ2n) is 5.52. The summed E-state index contributed by atoms with van der Waals surface area (Å²) in [5.41, 5.74) is 1.18. The van der Waals surface area contributed by atoms with Crippen LogP contribution in [-0.2, 0) is 0 Å². The SMILES string of the molecule is O=C(c1ccc([N+](=O)[O-])cc1Cl)N1CCCC(c2ccn[nH]2)C1. The van der Waals surface area contributed by atoms with E-state index in [1.807, 2.05) is 6.07 Å². The molecule has 1 amide bonds. The molecule has 0 radical (unpaired) electrons. The number of aromatic amines is 1. The number of H-pyrrole nitrogens is 1. The fourth-order valence-electron chi connectivity index (χ4n) is 2.87. The molecule has 1 atom stereocenters. The van der Waals surface area contributed by atoms with Gasteiger partial charge in [0.15, 0.2) is 0 Å². The molecule has 1 N–H and O–H groups in total. The Balaban J connectivity index is 1.78. The minimum atomic E-state index is -0.532. The van der Waals surface area contributed by atoms with E-state index in [4.69, 9.17) is 11.6 Å². The van der Waals surface area contributed by atoms with E-state index in [-0.39, 0.29) is 22.5 Å². The third kappa shape index (κ3) is 3.19. The van der Waals surface area contributed by atoms with Crippen molar-refractivity contribution in [1.82, 2.24) is 15.1 Å². The predicted molar refractivity (Wildman–Crippen MR) is 84.6 cm³/mol. The summed E-state index contributed by atoms with van der Waals surface area (Å²) >= 11 is 6.06. The van der Waals surface area contributed by atoms with Gasteiger partial charge in [-0.05, 0) is 25.0 Å². The molecule has 1 saturated heterocycles. The van der Waals surface area contributed by atoms with Crippen molar-refractivity contribution in [2.75, 3.05) is 13.1 Å². The molecule has 1 aromatic carbocycles. The first-order valence-corrected chi connectivity index (χ1v) is 7.66. The number of nitrogens with one attached hydrogen (secondary N) is 1. The fraction of sp³-hybridized carbons (Fsp3) is 0.333. The topological polar surface area (TPSA) is 92.1 Å². The molecule has 0 spiro atoms. The number of benzene rings is 1. The van der Waals surface area contributed by atoms with Crippen molar-refractivity contribution in [3.8, 4) is 0 Å². The Morgan fingerprint density at radius 3 is 2.91 bits per heavy atom. The van der Waals surface area contributed by atoms with Crippen LogP contribution in [0.1, 0.15) is 34.8 Å². The summed E-state index contributed by atoms with van der Waals surface area (Å²) in [5.74, 6) is 0.0149. The van der Waals surface area contributed by atoms with Gasteiger partial charge in [-0.15, -0.1) is 0 Å². The van der Waals surface area contributed by atoms with Crippen molar-refractivity contribution < 1.29 is 9.72 Å². The number of nitrogens with zero attached hydrogens (tertiary/aromatic N) is 3. The maximum absolute atomic E-state index is 12.7. The van der Waals surface area contributed by atoms with E-state index in [0.29, 0.717) is 18.7 Å². The number of hydrogen-bond acceptors (Lipinski definition) is 4. The quantitative estimate of drug-likeness (QED) is 0.689. The molecule has 120 valence electrons. The minimum absolute atomic E-state index is 0.105. The zero-order chi connectivity index (χ0) is 16.4. The highest BCUT2D eigenvalue weighted by molar-refractivity contribution is 6.34. The first kappa shape index (κ1) is 15.5. The van der Waals surface area contributed by atoms with Crippen LogP contribution in [0.5, 0.6) is 0 Å². The number of likely N-dealkylation sites (tertiary alicyclic amines) is 1. The smallest absolute Gasteiger partial charge is 0.270 e. The molecule has 23 heavy (non-hydrogen) atoms. The highest BCUT2D eigenvalue weighted by atomic mass is 35.5. The van der Waals surface area contributed by atoms with Crippen LogP contribution in [0, 0.1) is 10.1 Å². The van der Waals surface area contributed by atoms with Crippen LogP contribution in [-0.4, -0.2) is 39.0 Å². The minimum Gasteiger partial charge on any atom is -0.338 e. The summed E-state index contributed by atoms with van der Waals surface area (Å²) in [5, 5.41) is 17.8. The second kappa shape index (κ2) is 6.37. The number of nitro benzene ring substituents is 1. The van der Waals surface area contributed by atoms with Gasteiger partial charge in [-0.3, -0.25) is 20.0 Å². The Morgan fingerprint density at radius 1 is 1.43 bits per heavy atom. The van der Waals surface area contributed by atoms with Gasteiger partial charge in [-0.25, -0.2) is 0 Å². The maximum atomic E-state index is 12.7. The zero-order valence-electron chi connectivity index (χ0n) is 12.2. The van der Waals surface area contributed by atoms with Crippen LogP contribution in [0.25, 0.3) is 0 Å². The molecule has 3 rings (SSSR count). The number of carbonyl (C=O) groups is 1. The molecule has 1 aliphatic rings. The van der Waals surface area contributed by atoms with Gasteiger partial charge in [0.25, 0.3) is 11.6 Å². The monoisotopic (exact) mass is 334 g/mol. The number of hydrogen-bond donors (Lipinski definition) is 1. The highest BCUT2D eigenvalue weighted by Gasteiger charge is 2.27. The summed E-state index contributed by atoms with van der Waals surface area (Å²) in [6.07, 6.45) is 3.57. The summed E-state index contributed by atoms with van der Waals surface area (Å²) in [4.78, 5) is 24.6. The van der Waals surface area contributed by atoms with Crippen LogP contribution in [0.2, 0.25) is 5.02 Å². The van der Waals surface area contributed by atoms with Crippen molar-refractivity contribution in [2.45, 2.75) is 18.8 Å². The number of halogens is 1. The molecule has 1 fully saturated rings. The summed E-state index contributed by atoms with van der Waals surface area (Å²) in [6, 6.07) is 5.85. The molecule has 1 unspecified atom stereocenters. The van der Waals surface area contributed by atoms with Gasteiger partial charge >= 0.3 is 0 Å². The molecule has 1 aromatic heterocycles. The van der Waals surface area contributed by atoms with Gasteiger partial charge in [0.2, 0.25) is 0 Å². The standard InChI is InChI=1S/C15H15ClN4O3/c16-13-8-11(20(22)23)3-4-12(13)15(21)19-7-1-2-10(9-19)14-5-6-17-18-14/h3-6,8,10H,1-2,7,9H2,(H,17,18). The largest absolute Gasteiger partial charge is 0.338 e. The number of amides is 1. The third-order valence-corrected chi connectivity index (χ3v) is 4.38. The summed E-state index contributed by atoms with van der Waals surface area (Å²) in [7, 11) is 0. The molecule has 0 aliphatic carbocycles. The second-order valence-corrected chi connectivity index (χ2v) is 5.93. The predicted octanol–water partition coefficient (Wildman–Crippen LogP) is 2.99. The summed E-state index contributed by atoms with van der Waals surface area (Å²) < 4.78 is 0. The molecule has 0 bridgehead atoms. The number of non-ortho nitro benzene ring substituents is 1. The first-order valence-electron chi connectivity index (χ1n) is 7.28.